The molecule has 0 aromatic carbocycles. The number of ether oxygens (including phenoxy) is 2. The van der Waals surface area contributed by atoms with Crippen molar-refractivity contribution in [1.29, 1.82) is 0 Å². The number of rotatable bonds is 14. The molecule has 6 aromatic heterocycles. The van der Waals surface area contributed by atoms with E-state index in [1.165, 1.54) is 6.20 Å². The molecule has 0 fully saturated rings. The van der Waals surface area contributed by atoms with Crippen LogP contribution in [0.1, 0.15) is 89.7 Å². The summed E-state index contributed by atoms with van der Waals surface area (Å²) in [6.07, 6.45) is 14.1. The minimum absolute atomic E-state index is 0.0559. The number of aromatic carboxylic acids is 1. The number of hydrogen-bond donors (Lipinski definition) is 2. The van der Waals surface area contributed by atoms with Crippen LogP contribution in [-0.4, -0.2) is 90.3 Å². The molecule has 0 saturated carbocycles. The van der Waals surface area contributed by atoms with Crippen molar-refractivity contribution >= 4 is 50.4 Å². The largest absolute Gasteiger partial charge is 0.595 e. The summed E-state index contributed by atoms with van der Waals surface area (Å²) in [6.45, 7) is 21.4. The Kier molecular flexibility index (Phi) is 14.0. The monoisotopic (exact) mass is 941 g/mol. The van der Waals surface area contributed by atoms with E-state index in [0.717, 1.165) is 95.7 Å². The van der Waals surface area contributed by atoms with Crippen LogP contribution in [0.3, 0.4) is 0 Å². The average molecular weight is 942 g/mol. The van der Waals surface area contributed by atoms with Crippen molar-refractivity contribution in [3.63, 3.8) is 0 Å². The van der Waals surface area contributed by atoms with Gasteiger partial charge in [0.15, 0.2) is 22.7 Å². The normalized spacial score (nSPS) is 14.3. The van der Waals surface area contributed by atoms with Gasteiger partial charge in [0, 0.05) is 47.3 Å². The second-order valence-corrected chi connectivity index (χ2v) is 32.4. The van der Waals surface area contributed by atoms with Crippen LogP contribution in [0.5, 0.6) is 0 Å². The lowest BCUT2D eigenvalue weighted by molar-refractivity contribution is -0.682. The van der Waals surface area contributed by atoms with E-state index in [0.29, 0.717) is 65.1 Å². The minimum Gasteiger partial charge on any atom is -0.595 e. The highest BCUT2D eigenvalue weighted by molar-refractivity contribution is 6.76. The number of nitrogens with zero attached hydrogens (tertiary/aromatic N) is 10. The van der Waals surface area contributed by atoms with Gasteiger partial charge < -0.3 is 39.4 Å². The zero-order valence-corrected chi connectivity index (χ0v) is 42.6. The minimum atomic E-state index is -1.21. The Hall–Kier alpha value is -5.45. The first kappa shape index (κ1) is 48.5. The van der Waals surface area contributed by atoms with E-state index in [9.17, 15) is 25.1 Å². The summed E-state index contributed by atoms with van der Waals surface area (Å²) in [5, 5.41) is 38.6. The third-order valence-corrected chi connectivity index (χ3v) is 15.6. The van der Waals surface area contributed by atoms with Gasteiger partial charge in [0.25, 0.3) is 17.3 Å². The fraction of sp³-hybridized carbons (Fsp3) is 0.565. The van der Waals surface area contributed by atoms with Crippen molar-refractivity contribution in [3.05, 3.63) is 68.8 Å². The lowest BCUT2D eigenvalue weighted by atomic mass is 9.95. The van der Waals surface area contributed by atoms with Crippen LogP contribution < -0.4 is 15.0 Å². The van der Waals surface area contributed by atoms with Crippen molar-refractivity contribution in [2.45, 2.75) is 143 Å². The molecule has 6 heterocycles. The standard InChI is InChI=1S/C25H38N6O3Si.C21H29N5O4Si/c1-25(2,3)28-24(32)18-15-30(16-34-12-13-35(5,6)7)23-21(18)27-19(14-26-23)22-17-10-8-9-11-20(17)29(4)31(22)33;1-24-17-8-6-5-7-14(17)19(26(24)29)16-11-22-20-18(23-16)15(21(27)28)12-25(20)13-30-9-10-31(2,3)4/h14-15H,8-13,16H2,1-7H3,(H,28,32);11-12H,5-10,13H2,1-4H3,(H,27,28). The summed E-state index contributed by atoms with van der Waals surface area (Å²) in [5.41, 5.74) is 7.86. The van der Waals surface area contributed by atoms with Crippen LogP contribution in [0.25, 0.3) is 45.1 Å². The molecule has 2 N–H and O–H groups in total. The molecule has 0 atom stereocenters. The molecule has 0 saturated heterocycles. The highest BCUT2D eigenvalue weighted by atomic mass is 28.3. The van der Waals surface area contributed by atoms with Crippen molar-refractivity contribution in [2.75, 3.05) is 13.2 Å². The number of carbonyl (C=O) groups is 2. The molecule has 20 heteroatoms. The van der Waals surface area contributed by atoms with E-state index in [2.05, 4.69) is 59.6 Å². The van der Waals surface area contributed by atoms with Crippen LogP contribution in [0.4, 0.5) is 0 Å². The zero-order chi connectivity index (χ0) is 47.9. The fourth-order valence-electron chi connectivity index (χ4n) is 8.60. The van der Waals surface area contributed by atoms with Gasteiger partial charge in [-0.1, -0.05) is 49.0 Å². The molecule has 8 rings (SSSR count). The van der Waals surface area contributed by atoms with Gasteiger partial charge in [-0.3, -0.25) is 4.79 Å². The maximum atomic E-state index is 13.2. The molecule has 66 heavy (non-hydrogen) atoms. The Morgan fingerprint density at radius 3 is 1.53 bits per heavy atom. The van der Waals surface area contributed by atoms with Gasteiger partial charge in [-0.25, -0.2) is 24.7 Å². The molecule has 0 bridgehead atoms. The third-order valence-electron chi connectivity index (χ3n) is 12.2. The molecule has 2 aliphatic carbocycles. The van der Waals surface area contributed by atoms with E-state index in [1.54, 1.807) is 46.6 Å². The second-order valence-electron chi connectivity index (χ2n) is 21.1. The third kappa shape index (κ3) is 10.6. The van der Waals surface area contributed by atoms with Crippen LogP contribution in [0, 0.1) is 10.4 Å². The Morgan fingerprint density at radius 2 is 1.12 bits per heavy atom. The van der Waals surface area contributed by atoms with Gasteiger partial charge in [-0.2, -0.15) is 0 Å². The second kappa shape index (κ2) is 19.0. The van der Waals surface area contributed by atoms with E-state index in [4.69, 9.17) is 14.5 Å². The van der Waals surface area contributed by atoms with E-state index in [1.807, 2.05) is 25.3 Å². The van der Waals surface area contributed by atoms with Crippen LogP contribution in [0.15, 0.2) is 24.8 Å². The summed E-state index contributed by atoms with van der Waals surface area (Å²) in [7, 11) is 1.13. The number of carboxylic acid groups (broad SMARTS) is 1. The smallest absolute Gasteiger partial charge is 0.339 e. The molecular formula is C46H67N11O7Si2. The lowest BCUT2D eigenvalue weighted by Gasteiger charge is -2.20. The number of amides is 1. The Labute approximate surface area is 388 Å². The molecule has 0 aliphatic heterocycles. The molecule has 0 spiro atoms. The van der Waals surface area contributed by atoms with Crippen molar-refractivity contribution < 1.29 is 33.9 Å². The first-order valence-electron chi connectivity index (χ1n) is 23.1. The Morgan fingerprint density at radius 1 is 0.712 bits per heavy atom. The summed E-state index contributed by atoms with van der Waals surface area (Å²) < 4.78 is 18.5. The summed E-state index contributed by atoms with van der Waals surface area (Å²) in [6, 6.07) is 2.08. The summed E-state index contributed by atoms with van der Waals surface area (Å²) >= 11 is 0. The lowest BCUT2D eigenvalue weighted by Crippen LogP contribution is -2.40. The van der Waals surface area contributed by atoms with Crippen molar-refractivity contribution in [2.24, 2.45) is 14.1 Å². The summed E-state index contributed by atoms with van der Waals surface area (Å²) in [4.78, 5) is 45.4. The maximum absolute atomic E-state index is 13.2. The number of fused-ring (bicyclic) bond motifs is 4. The molecule has 356 valence electrons. The average Bonchev–Trinajstić information content (AvgIpc) is 3.95. The van der Waals surface area contributed by atoms with Gasteiger partial charge in [0.05, 0.1) is 54.6 Å². The topological polar surface area (TPSA) is 210 Å². The number of aromatic nitrogens is 10. The number of hydrogen-bond acceptors (Lipinski definition) is 10. The first-order chi connectivity index (χ1) is 31.0. The predicted molar refractivity (Wildman–Crippen MR) is 257 cm³/mol. The van der Waals surface area contributed by atoms with Crippen molar-refractivity contribution in [3.8, 4) is 22.8 Å². The molecule has 2 aliphatic rings. The molecule has 0 radical (unpaired) electrons. The molecular weight excluding hydrogens is 875 g/mol. The van der Waals surface area contributed by atoms with E-state index in [-0.39, 0.29) is 23.7 Å². The van der Waals surface area contributed by atoms with Gasteiger partial charge in [-0.15, -0.1) is 9.36 Å². The highest BCUT2D eigenvalue weighted by Gasteiger charge is 2.33. The highest BCUT2D eigenvalue weighted by Crippen LogP contribution is 2.32. The molecule has 1 amide bonds. The van der Waals surface area contributed by atoms with Crippen molar-refractivity contribution in [1.82, 2.24) is 43.8 Å². The van der Waals surface area contributed by atoms with Gasteiger partial charge >= 0.3 is 5.97 Å². The fourth-order valence-corrected chi connectivity index (χ4v) is 10.1. The number of nitrogens with one attached hydrogen (secondary N) is 1. The number of carboxylic acids is 1. The van der Waals surface area contributed by atoms with Crippen LogP contribution >= 0.6 is 0 Å². The Balaban J connectivity index is 0.000000198. The quantitative estimate of drug-likeness (QED) is 0.0505. The number of carbonyl (C=O) groups excluding carboxylic acids is 1. The van der Waals surface area contributed by atoms with Gasteiger partial charge in [0.2, 0.25) is 0 Å². The first-order valence-corrected chi connectivity index (χ1v) is 30.5. The zero-order valence-electron chi connectivity index (χ0n) is 40.6. The van der Waals surface area contributed by atoms with Crippen LogP contribution in [0.2, 0.25) is 51.4 Å². The molecule has 6 aromatic rings. The summed E-state index contributed by atoms with van der Waals surface area (Å²) in [5.74, 6) is -1.30. The molecule has 18 nitrogen and oxygen atoms in total. The maximum Gasteiger partial charge on any atom is 0.339 e. The van der Waals surface area contributed by atoms with E-state index >= 15 is 0 Å². The van der Waals surface area contributed by atoms with Crippen LogP contribution in [-0.2, 0) is 62.7 Å². The van der Waals surface area contributed by atoms with E-state index < -0.39 is 27.7 Å². The Bertz CT molecular complexity index is 2770. The van der Waals surface area contributed by atoms with Gasteiger partial charge in [0.1, 0.15) is 30.1 Å². The predicted octanol–water partition coefficient (Wildman–Crippen LogP) is 6.75. The SMILES string of the molecule is Cn1c2c(c(-c3cnc4c(n3)c(C(=O)NC(C)(C)C)cn4COCC[Si](C)(C)C)[n+]1[O-])CCCC2.Cn1c2c(c(-c3cnc4c(n3)c(C(=O)O)cn4COCC[Si](C)(C)C)[n+]1[O-])CCCC2. The van der Waals surface area contributed by atoms with Gasteiger partial charge in [-0.05, 0) is 84.2 Å². The molecule has 0 unspecified atom stereocenters.